The van der Waals surface area contributed by atoms with Gasteiger partial charge in [-0.15, -0.1) is 0 Å². The lowest BCUT2D eigenvalue weighted by Gasteiger charge is -2.30. The minimum atomic E-state index is -0.296. The van der Waals surface area contributed by atoms with Crippen LogP contribution >= 0.6 is 11.8 Å². The Morgan fingerprint density at radius 1 is 1.18 bits per heavy atom. The van der Waals surface area contributed by atoms with E-state index >= 15 is 0 Å². The van der Waals surface area contributed by atoms with Crippen molar-refractivity contribution in [3.05, 3.63) is 71.4 Å². The number of thioether (sulfide) groups is 1. The molecule has 1 aromatic heterocycles. The SMILES string of the molecule is Cc1ccccc1CSCCNC(=O)C1CCN(Cc2nc(-c3ccc(F)cc3)no2)CC1. The van der Waals surface area contributed by atoms with Gasteiger partial charge in [0.2, 0.25) is 17.6 Å². The maximum Gasteiger partial charge on any atom is 0.241 e. The van der Waals surface area contributed by atoms with Crippen LogP contribution in [0.3, 0.4) is 0 Å². The van der Waals surface area contributed by atoms with Crippen LogP contribution in [-0.2, 0) is 17.1 Å². The molecule has 0 spiro atoms. The predicted octanol–water partition coefficient (Wildman–Crippen LogP) is 4.45. The van der Waals surface area contributed by atoms with E-state index < -0.39 is 0 Å². The maximum atomic E-state index is 13.1. The van der Waals surface area contributed by atoms with Gasteiger partial charge in [-0.05, 0) is 68.2 Å². The molecule has 0 saturated carbocycles. The van der Waals surface area contributed by atoms with Crippen LogP contribution in [-0.4, -0.2) is 46.3 Å². The number of rotatable bonds is 9. The normalized spacial score (nSPS) is 15.0. The summed E-state index contributed by atoms with van der Waals surface area (Å²) in [7, 11) is 0. The van der Waals surface area contributed by atoms with Crippen molar-refractivity contribution in [1.82, 2.24) is 20.4 Å². The topological polar surface area (TPSA) is 71.3 Å². The molecule has 1 fully saturated rings. The van der Waals surface area contributed by atoms with E-state index in [1.54, 1.807) is 12.1 Å². The zero-order valence-electron chi connectivity index (χ0n) is 18.8. The number of carbonyl (C=O) groups excluding carboxylic acids is 1. The molecule has 1 aliphatic rings. The molecule has 8 heteroatoms. The van der Waals surface area contributed by atoms with Gasteiger partial charge in [-0.2, -0.15) is 16.7 Å². The summed E-state index contributed by atoms with van der Waals surface area (Å²) < 4.78 is 18.4. The monoisotopic (exact) mass is 468 g/mol. The van der Waals surface area contributed by atoms with Crippen LogP contribution in [0.2, 0.25) is 0 Å². The van der Waals surface area contributed by atoms with Gasteiger partial charge in [0.25, 0.3) is 0 Å². The Kier molecular flexibility index (Phi) is 8.12. The molecule has 3 aromatic rings. The highest BCUT2D eigenvalue weighted by Crippen LogP contribution is 2.21. The van der Waals surface area contributed by atoms with E-state index in [0.29, 0.717) is 24.8 Å². The highest BCUT2D eigenvalue weighted by molar-refractivity contribution is 7.98. The van der Waals surface area contributed by atoms with Crippen molar-refractivity contribution in [3.63, 3.8) is 0 Å². The molecule has 0 unspecified atom stereocenters. The van der Waals surface area contributed by atoms with Crippen LogP contribution in [0.5, 0.6) is 0 Å². The summed E-state index contributed by atoms with van der Waals surface area (Å²) in [5.41, 5.74) is 3.39. The number of aryl methyl sites for hydroxylation is 1. The van der Waals surface area contributed by atoms with Crippen LogP contribution in [0.4, 0.5) is 4.39 Å². The van der Waals surface area contributed by atoms with Gasteiger partial charge < -0.3 is 9.84 Å². The lowest BCUT2D eigenvalue weighted by atomic mass is 9.96. The Morgan fingerprint density at radius 3 is 2.70 bits per heavy atom. The Morgan fingerprint density at radius 2 is 1.94 bits per heavy atom. The van der Waals surface area contributed by atoms with Crippen molar-refractivity contribution in [2.24, 2.45) is 5.92 Å². The molecule has 1 N–H and O–H groups in total. The van der Waals surface area contributed by atoms with Gasteiger partial charge in [-0.3, -0.25) is 9.69 Å². The maximum absolute atomic E-state index is 13.1. The van der Waals surface area contributed by atoms with E-state index in [1.807, 2.05) is 11.8 Å². The standard InChI is InChI=1S/C25H29FN4O2S/c1-18-4-2-3-5-21(18)17-33-15-12-27-25(31)20-10-13-30(14-11-20)16-23-28-24(29-32-23)19-6-8-22(26)9-7-19/h2-9,20H,10-17H2,1H3,(H,27,31). The van der Waals surface area contributed by atoms with Crippen molar-refractivity contribution < 1.29 is 13.7 Å². The molecule has 6 nitrogen and oxygen atoms in total. The van der Waals surface area contributed by atoms with Gasteiger partial charge in [0.15, 0.2) is 0 Å². The third-order valence-corrected chi connectivity index (χ3v) is 6.96. The Hall–Kier alpha value is -2.71. The molecule has 1 aliphatic heterocycles. The second-order valence-corrected chi connectivity index (χ2v) is 9.44. The summed E-state index contributed by atoms with van der Waals surface area (Å²) in [6.07, 6.45) is 1.64. The zero-order valence-corrected chi connectivity index (χ0v) is 19.6. The summed E-state index contributed by atoms with van der Waals surface area (Å²) in [5, 5.41) is 7.09. The van der Waals surface area contributed by atoms with E-state index in [0.717, 1.165) is 43.0 Å². The zero-order chi connectivity index (χ0) is 23.0. The molecule has 2 heterocycles. The molecular formula is C25H29FN4O2S. The fraction of sp³-hybridized carbons (Fsp3) is 0.400. The smallest absolute Gasteiger partial charge is 0.241 e. The Bertz CT molecular complexity index is 1050. The highest BCUT2D eigenvalue weighted by Gasteiger charge is 2.25. The fourth-order valence-electron chi connectivity index (χ4n) is 3.92. The molecule has 33 heavy (non-hydrogen) atoms. The number of amides is 1. The number of piperidine rings is 1. The Balaban J connectivity index is 1.14. The van der Waals surface area contributed by atoms with E-state index in [4.69, 9.17) is 4.52 Å². The van der Waals surface area contributed by atoms with Gasteiger partial charge >= 0.3 is 0 Å². The van der Waals surface area contributed by atoms with Gasteiger partial charge in [-0.1, -0.05) is 29.4 Å². The molecule has 1 amide bonds. The predicted molar refractivity (Wildman–Crippen MR) is 128 cm³/mol. The van der Waals surface area contributed by atoms with Crippen molar-refractivity contribution in [1.29, 1.82) is 0 Å². The fourth-order valence-corrected chi connectivity index (χ4v) is 4.86. The minimum absolute atomic E-state index is 0.0556. The van der Waals surface area contributed by atoms with E-state index in [1.165, 1.54) is 23.3 Å². The molecule has 2 aromatic carbocycles. The second-order valence-electron chi connectivity index (χ2n) is 8.34. The van der Waals surface area contributed by atoms with Crippen LogP contribution in [0, 0.1) is 18.7 Å². The first-order chi connectivity index (χ1) is 16.1. The van der Waals surface area contributed by atoms with Crippen molar-refractivity contribution in [2.75, 3.05) is 25.4 Å². The number of nitrogens with one attached hydrogen (secondary N) is 1. The molecular weight excluding hydrogens is 439 g/mol. The molecule has 0 aliphatic carbocycles. The van der Waals surface area contributed by atoms with E-state index in [2.05, 4.69) is 51.5 Å². The van der Waals surface area contributed by atoms with E-state index in [-0.39, 0.29) is 17.6 Å². The average Bonchev–Trinajstić information content (AvgIpc) is 3.29. The van der Waals surface area contributed by atoms with Crippen LogP contribution in [0.25, 0.3) is 11.4 Å². The van der Waals surface area contributed by atoms with Gasteiger partial charge in [-0.25, -0.2) is 4.39 Å². The lowest BCUT2D eigenvalue weighted by molar-refractivity contribution is -0.126. The van der Waals surface area contributed by atoms with Crippen molar-refractivity contribution >= 4 is 17.7 Å². The molecule has 174 valence electrons. The molecule has 0 atom stereocenters. The van der Waals surface area contributed by atoms with E-state index in [9.17, 15) is 9.18 Å². The quantitative estimate of drug-likeness (QED) is 0.468. The first kappa shape index (κ1) is 23.4. The largest absolute Gasteiger partial charge is 0.355 e. The summed E-state index contributed by atoms with van der Waals surface area (Å²) in [4.78, 5) is 19.2. The number of nitrogens with zero attached hydrogens (tertiary/aromatic N) is 3. The lowest BCUT2D eigenvalue weighted by Crippen LogP contribution is -2.40. The number of benzene rings is 2. The van der Waals surface area contributed by atoms with Crippen LogP contribution in [0.1, 0.15) is 29.9 Å². The third-order valence-electron chi connectivity index (χ3n) is 5.95. The summed E-state index contributed by atoms with van der Waals surface area (Å²) >= 11 is 1.85. The van der Waals surface area contributed by atoms with Gasteiger partial charge in [0, 0.05) is 29.5 Å². The average molecular weight is 469 g/mol. The number of hydrogen-bond acceptors (Lipinski definition) is 6. The summed E-state index contributed by atoms with van der Waals surface area (Å²) in [6.45, 7) is 5.01. The van der Waals surface area contributed by atoms with Crippen molar-refractivity contribution in [3.8, 4) is 11.4 Å². The number of likely N-dealkylation sites (tertiary alicyclic amines) is 1. The first-order valence-corrected chi connectivity index (χ1v) is 12.4. The number of carbonyl (C=O) groups is 1. The van der Waals surface area contributed by atoms with Crippen molar-refractivity contribution in [2.45, 2.75) is 32.1 Å². The highest BCUT2D eigenvalue weighted by atomic mass is 32.2. The van der Waals surface area contributed by atoms with Crippen LogP contribution < -0.4 is 5.32 Å². The second kappa shape index (κ2) is 11.4. The minimum Gasteiger partial charge on any atom is -0.355 e. The van der Waals surface area contributed by atoms with Gasteiger partial charge in [0.05, 0.1) is 6.54 Å². The number of hydrogen-bond donors (Lipinski definition) is 1. The molecule has 0 radical (unpaired) electrons. The summed E-state index contributed by atoms with van der Waals surface area (Å²) in [6, 6.07) is 14.4. The number of halogens is 1. The Labute approximate surface area is 197 Å². The van der Waals surface area contributed by atoms with Gasteiger partial charge in [0.1, 0.15) is 5.82 Å². The molecule has 0 bridgehead atoms. The third kappa shape index (κ3) is 6.65. The summed E-state index contributed by atoms with van der Waals surface area (Å²) in [5.74, 6) is 2.78. The first-order valence-electron chi connectivity index (χ1n) is 11.3. The molecule has 1 saturated heterocycles. The molecule has 4 rings (SSSR count). The van der Waals surface area contributed by atoms with Crippen LogP contribution in [0.15, 0.2) is 53.1 Å². The number of aromatic nitrogens is 2.